The van der Waals surface area contributed by atoms with E-state index >= 15 is 0 Å². The lowest BCUT2D eigenvalue weighted by Gasteiger charge is -2.34. The zero-order chi connectivity index (χ0) is 21.0. The molecule has 2 heterocycles. The number of methoxy groups -OCH3 is 1. The molecule has 1 aliphatic rings. The van der Waals surface area contributed by atoms with Crippen LogP contribution in [0.15, 0.2) is 24.3 Å². The van der Waals surface area contributed by atoms with Gasteiger partial charge in [-0.3, -0.25) is 14.6 Å². The molecule has 1 aromatic carbocycles. The number of nitrogens with one attached hydrogen (secondary N) is 1. The van der Waals surface area contributed by atoms with Gasteiger partial charge in [-0.2, -0.15) is 0 Å². The number of aryl methyl sites for hydroxylation is 1. The number of thiazole rings is 1. The van der Waals surface area contributed by atoms with Crippen molar-refractivity contribution in [3.63, 3.8) is 0 Å². The number of aromatic nitrogens is 1. The van der Waals surface area contributed by atoms with Crippen molar-refractivity contribution in [3.05, 3.63) is 34.2 Å². The van der Waals surface area contributed by atoms with E-state index in [2.05, 4.69) is 34.2 Å². The molecule has 0 unspecified atom stereocenters. The van der Waals surface area contributed by atoms with Crippen LogP contribution in [0.25, 0.3) is 11.3 Å². The first-order valence-corrected chi connectivity index (χ1v) is 10.9. The molecule has 0 aliphatic carbocycles. The highest BCUT2D eigenvalue weighted by molar-refractivity contribution is 7.12. The minimum Gasteiger partial charge on any atom is -0.497 e. The van der Waals surface area contributed by atoms with Crippen LogP contribution in [0, 0.1) is 6.92 Å². The summed E-state index contributed by atoms with van der Waals surface area (Å²) in [6.07, 6.45) is 0. The fraction of sp³-hybridized carbons (Fsp3) is 0.545. The van der Waals surface area contributed by atoms with E-state index in [1.165, 1.54) is 4.88 Å². The predicted molar refractivity (Wildman–Crippen MR) is 118 cm³/mol. The van der Waals surface area contributed by atoms with Gasteiger partial charge in [-0.25, -0.2) is 4.98 Å². The van der Waals surface area contributed by atoms with Crippen molar-refractivity contribution in [2.75, 3.05) is 39.8 Å². The molecule has 0 spiro atoms. The molecule has 0 bridgehead atoms. The van der Waals surface area contributed by atoms with Crippen LogP contribution in [-0.2, 0) is 11.3 Å². The fourth-order valence-electron chi connectivity index (χ4n) is 3.49. The zero-order valence-corrected chi connectivity index (χ0v) is 18.9. The standard InChI is InChI=1S/C22H32N4O2S/c1-16-21(17-6-8-18(28-5)9-7-17)23-20(29-16)15-26-12-10-25(11-13-26)14-19(27)24-22(2,3)4/h6-9H,10-15H2,1-5H3,(H,24,27). The maximum Gasteiger partial charge on any atom is 0.234 e. The maximum absolute atomic E-state index is 12.1. The smallest absolute Gasteiger partial charge is 0.234 e. The molecule has 2 aromatic rings. The molecular formula is C22H32N4O2S. The Morgan fingerprint density at radius 3 is 2.34 bits per heavy atom. The van der Waals surface area contributed by atoms with Crippen molar-refractivity contribution < 1.29 is 9.53 Å². The van der Waals surface area contributed by atoms with Crippen molar-refractivity contribution >= 4 is 17.2 Å². The summed E-state index contributed by atoms with van der Waals surface area (Å²) in [5.74, 6) is 0.960. The van der Waals surface area contributed by atoms with Gasteiger partial charge in [-0.15, -0.1) is 11.3 Å². The average molecular weight is 417 g/mol. The van der Waals surface area contributed by atoms with Gasteiger partial charge >= 0.3 is 0 Å². The number of ether oxygens (including phenoxy) is 1. The molecule has 0 atom stereocenters. The first-order chi connectivity index (χ1) is 13.7. The number of carbonyl (C=O) groups is 1. The number of benzene rings is 1. The lowest BCUT2D eigenvalue weighted by atomic mass is 10.1. The van der Waals surface area contributed by atoms with Crippen molar-refractivity contribution in [1.82, 2.24) is 20.1 Å². The zero-order valence-electron chi connectivity index (χ0n) is 18.1. The molecule has 1 fully saturated rings. The third kappa shape index (κ3) is 6.26. The Morgan fingerprint density at radius 1 is 1.14 bits per heavy atom. The number of hydrogen-bond acceptors (Lipinski definition) is 6. The van der Waals surface area contributed by atoms with Crippen molar-refractivity contribution in [2.45, 2.75) is 39.8 Å². The van der Waals surface area contributed by atoms with Crippen molar-refractivity contribution in [3.8, 4) is 17.0 Å². The van der Waals surface area contributed by atoms with Gasteiger partial charge in [0.05, 0.1) is 25.9 Å². The van der Waals surface area contributed by atoms with E-state index in [1.807, 2.05) is 32.9 Å². The lowest BCUT2D eigenvalue weighted by molar-refractivity contribution is -0.124. The number of carbonyl (C=O) groups excluding carboxylic acids is 1. The van der Waals surface area contributed by atoms with E-state index in [0.29, 0.717) is 6.54 Å². The van der Waals surface area contributed by atoms with Crippen LogP contribution < -0.4 is 10.1 Å². The molecule has 29 heavy (non-hydrogen) atoms. The Balaban J connectivity index is 1.52. The summed E-state index contributed by atoms with van der Waals surface area (Å²) < 4.78 is 5.24. The number of amides is 1. The Kier molecular flexibility index (Phi) is 6.93. The van der Waals surface area contributed by atoms with Crippen LogP contribution >= 0.6 is 11.3 Å². The molecule has 0 radical (unpaired) electrons. The van der Waals surface area contributed by atoms with Crippen molar-refractivity contribution in [2.24, 2.45) is 0 Å². The second-order valence-corrected chi connectivity index (χ2v) is 9.88. The van der Waals surface area contributed by atoms with Crippen LogP contribution in [0.3, 0.4) is 0 Å². The third-order valence-electron chi connectivity index (χ3n) is 4.91. The second-order valence-electron chi connectivity index (χ2n) is 8.59. The molecular weight excluding hydrogens is 384 g/mol. The summed E-state index contributed by atoms with van der Waals surface area (Å²) in [6, 6.07) is 8.07. The second kappa shape index (κ2) is 9.24. The minimum absolute atomic E-state index is 0.102. The van der Waals surface area contributed by atoms with Gasteiger partial charge in [0.2, 0.25) is 5.91 Å². The van der Waals surface area contributed by atoms with Gasteiger partial charge in [-0.1, -0.05) is 0 Å². The van der Waals surface area contributed by atoms with Gasteiger partial charge in [0.15, 0.2) is 0 Å². The number of rotatable bonds is 6. The molecule has 1 N–H and O–H groups in total. The summed E-state index contributed by atoms with van der Waals surface area (Å²) in [5.41, 5.74) is 2.01. The van der Waals surface area contributed by atoms with Crippen LogP contribution in [0.4, 0.5) is 0 Å². The monoisotopic (exact) mass is 416 g/mol. The number of hydrogen-bond donors (Lipinski definition) is 1. The van der Waals surface area contributed by atoms with E-state index < -0.39 is 0 Å². The molecule has 158 valence electrons. The van der Waals surface area contributed by atoms with Gasteiger partial charge in [0.25, 0.3) is 0 Å². The highest BCUT2D eigenvalue weighted by atomic mass is 32.1. The Hall–Kier alpha value is -1.96. The quantitative estimate of drug-likeness (QED) is 0.784. The van der Waals surface area contributed by atoms with E-state index in [9.17, 15) is 4.79 Å². The van der Waals surface area contributed by atoms with Gasteiger partial charge < -0.3 is 10.1 Å². The minimum atomic E-state index is -0.177. The highest BCUT2D eigenvalue weighted by Gasteiger charge is 2.22. The summed E-state index contributed by atoms with van der Waals surface area (Å²) in [4.78, 5) is 22.9. The van der Waals surface area contributed by atoms with Crippen LogP contribution in [-0.4, -0.2) is 66.1 Å². The van der Waals surface area contributed by atoms with Gasteiger partial charge in [0.1, 0.15) is 10.8 Å². The third-order valence-corrected chi connectivity index (χ3v) is 5.87. The number of piperazine rings is 1. The average Bonchev–Trinajstić information content (AvgIpc) is 3.02. The van der Waals surface area contributed by atoms with E-state index in [4.69, 9.17) is 9.72 Å². The predicted octanol–water partition coefficient (Wildman–Crippen LogP) is 3.16. The summed E-state index contributed by atoms with van der Waals surface area (Å²) in [5, 5.41) is 4.18. The van der Waals surface area contributed by atoms with Crippen LogP contribution in [0.1, 0.15) is 30.7 Å². The van der Waals surface area contributed by atoms with Crippen LogP contribution in [0.2, 0.25) is 0 Å². The Bertz CT molecular complexity index is 818. The van der Waals surface area contributed by atoms with Gasteiger partial charge in [0, 0.05) is 42.2 Å². The number of nitrogens with zero attached hydrogens (tertiary/aromatic N) is 3. The first kappa shape index (κ1) is 21.7. The molecule has 7 heteroatoms. The summed E-state index contributed by atoms with van der Waals surface area (Å²) >= 11 is 1.77. The maximum atomic E-state index is 12.1. The molecule has 1 saturated heterocycles. The molecule has 3 rings (SSSR count). The molecule has 1 amide bonds. The van der Waals surface area contributed by atoms with E-state index in [-0.39, 0.29) is 11.4 Å². The Morgan fingerprint density at radius 2 is 1.76 bits per heavy atom. The summed E-state index contributed by atoms with van der Waals surface area (Å²) in [7, 11) is 1.68. The largest absolute Gasteiger partial charge is 0.497 e. The Labute approximate surface area is 177 Å². The van der Waals surface area contributed by atoms with Crippen molar-refractivity contribution in [1.29, 1.82) is 0 Å². The fourth-order valence-corrected chi connectivity index (χ4v) is 4.49. The molecule has 1 aromatic heterocycles. The topological polar surface area (TPSA) is 57.7 Å². The molecule has 1 aliphatic heterocycles. The normalized spacial score (nSPS) is 16.0. The van der Waals surface area contributed by atoms with Gasteiger partial charge in [-0.05, 0) is 52.0 Å². The van der Waals surface area contributed by atoms with Crippen LogP contribution in [0.5, 0.6) is 5.75 Å². The van der Waals surface area contributed by atoms with E-state index in [1.54, 1.807) is 18.4 Å². The summed E-state index contributed by atoms with van der Waals surface area (Å²) in [6.45, 7) is 13.2. The first-order valence-electron chi connectivity index (χ1n) is 10.1. The lowest BCUT2D eigenvalue weighted by Crippen LogP contribution is -2.51. The SMILES string of the molecule is COc1ccc(-c2nc(CN3CCN(CC(=O)NC(C)(C)C)CC3)sc2C)cc1. The molecule has 0 saturated carbocycles. The molecule has 6 nitrogen and oxygen atoms in total. The highest BCUT2D eigenvalue weighted by Crippen LogP contribution is 2.29. The van der Waals surface area contributed by atoms with E-state index in [0.717, 1.165) is 54.7 Å².